The number of ether oxygens (including phenoxy) is 1. The number of Topliss-reactive ketones (excluding diaryl/α,β-unsaturated/α-hetero) is 1. The van der Waals surface area contributed by atoms with Gasteiger partial charge in [-0.3, -0.25) is 14.4 Å². The van der Waals surface area contributed by atoms with Crippen LogP contribution >= 0.6 is 0 Å². The molecule has 0 radical (unpaired) electrons. The Morgan fingerprint density at radius 3 is 2.68 bits per heavy atom. The molecule has 0 aliphatic heterocycles. The fraction of sp³-hybridized carbons (Fsp3) is 0.471. The van der Waals surface area contributed by atoms with Gasteiger partial charge in [0.2, 0.25) is 0 Å². The molecule has 1 atom stereocenters. The van der Waals surface area contributed by atoms with Crippen LogP contribution in [0.1, 0.15) is 47.2 Å². The second kappa shape index (κ2) is 7.20. The number of benzene rings is 1. The van der Waals surface area contributed by atoms with Crippen LogP contribution in [0.4, 0.5) is 0 Å². The first-order valence-electron chi connectivity index (χ1n) is 7.55. The van der Waals surface area contributed by atoms with E-state index in [0.717, 1.165) is 24.0 Å². The highest BCUT2D eigenvalue weighted by Crippen LogP contribution is 2.17. The Balaban J connectivity index is 1.83. The number of carbonyl (C=O) groups excluding carboxylic acids is 3. The van der Waals surface area contributed by atoms with Gasteiger partial charge in [0.05, 0.1) is 0 Å². The van der Waals surface area contributed by atoms with Gasteiger partial charge in [-0.15, -0.1) is 0 Å². The largest absolute Gasteiger partial charge is 0.453 e. The van der Waals surface area contributed by atoms with Crippen molar-refractivity contribution in [2.45, 2.75) is 45.6 Å². The zero-order valence-corrected chi connectivity index (χ0v) is 13.0. The van der Waals surface area contributed by atoms with Crippen molar-refractivity contribution in [3.05, 3.63) is 34.9 Å². The molecule has 0 heterocycles. The molecule has 1 N–H and O–H groups in total. The monoisotopic (exact) mass is 303 g/mol. The van der Waals surface area contributed by atoms with Crippen LogP contribution in [0.25, 0.3) is 0 Å². The van der Waals surface area contributed by atoms with Crippen LogP contribution in [0.5, 0.6) is 0 Å². The maximum absolute atomic E-state index is 12.0. The van der Waals surface area contributed by atoms with E-state index in [0.29, 0.717) is 18.4 Å². The maximum Gasteiger partial charge on any atom is 0.326 e. The normalized spacial score (nSPS) is 17.9. The van der Waals surface area contributed by atoms with Crippen LogP contribution in [0, 0.1) is 13.8 Å². The Labute approximate surface area is 130 Å². The molecule has 1 fully saturated rings. The molecule has 22 heavy (non-hydrogen) atoms. The molecule has 0 saturated heterocycles. The summed E-state index contributed by atoms with van der Waals surface area (Å²) in [6.07, 6.45) is 2.15. The lowest BCUT2D eigenvalue weighted by Crippen LogP contribution is -2.36. The third kappa shape index (κ3) is 4.16. The fourth-order valence-electron chi connectivity index (χ4n) is 2.41. The van der Waals surface area contributed by atoms with Crippen molar-refractivity contribution in [3.63, 3.8) is 0 Å². The molecule has 1 aromatic rings. The highest BCUT2D eigenvalue weighted by molar-refractivity contribution is 5.96. The van der Waals surface area contributed by atoms with Gasteiger partial charge in [0.25, 0.3) is 5.91 Å². The minimum absolute atomic E-state index is 0.0277. The fourth-order valence-corrected chi connectivity index (χ4v) is 2.41. The van der Waals surface area contributed by atoms with Crippen molar-refractivity contribution in [1.29, 1.82) is 0 Å². The van der Waals surface area contributed by atoms with E-state index in [1.807, 2.05) is 19.9 Å². The predicted molar refractivity (Wildman–Crippen MR) is 81.6 cm³/mol. The molecule has 0 spiro atoms. The Hall–Kier alpha value is -2.17. The molecule has 2 rings (SSSR count). The Kier molecular flexibility index (Phi) is 5.31. The molecule has 1 aromatic carbocycles. The zero-order valence-electron chi connectivity index (χ0n) is 13.0. The molecular weight excluding hydrogens is 282 g/mol. The lowest BCUT2D eigenvalue weighted by atomic mass is 9.96. The number of hydrogen-bond acceptors (Lipinski definition) is 4. The first-order chi connectivity index (χ1) is 10.5. The SMILES string of the molecule is Cc1ccc(C(=O)NCC(=O)O[C@@H]2CCCCC2=O)cc1C. The first kappa shape index (κ1) is 16.2. The summed E-state index contributed by atoms with van der Waals surface area (Å²) in [6.45, 7) is 3.67. The first-order valence-corrected chi connectivity index (χ1v) is 7.55. The number of hydrogen-bond donors (Lipinski definition) is 1. The Morgan fingerprint density at radius 2 is 2.00 bits per heavy atom. The van der Waals surface area contributed by atoms with Crippen molar-refractivity contribution >= 4 is 17.7 Å². The lowest BCUT2D eigenvalue weighted by molar-refractivity contribution is -0.155. The third-order valence-corrected chi connectivity index (χ3v) is 3.93. The van der Waals surface area contributed by atoms with Gasteiger partial charge in [0.15, 0.2) is 11.9 Å². The van der Waals surface area contributed by atoms with Crippen molar-refractivity contribution in [3.8, 4) is 0 Å². The molecule has 0 bridgehead atoms. The van der Waals surface area contributed by atoms with Crippen LogP contribution in [0.2, 0.25) is 0 Å². The van der Waals surface area contributed by atoms with Gasteiger partial charge >= 0.3 is 5.97 Å². The van der Waals surface area contributed by atoms with Crippen molar-refractivity contribution in [1.82, 2.24) is 5.32 Å². The Bertz CT molecular complexity index is 594. The topological polar surface area (TPSA) is 72.5 Å². The third-order valence-electron chi connectivity index (χ3n) is 3.93. The molecule has 1 saturated carbocycles. The van der Waals surface area contributed by atoms with Crippen molar-refractivity contribution < 1.29 is 19.1 Å². The van der Waals surface area contributed by atoms with Crippen LogP contribution < -0.4 is 5.32 Å². The Morgan fingerprint density at radius 1 is 1.23 bits per heavy atom. The zero-order chi connectivity index (χ0) is 16.1. The summed E-state index contributed by atoms with van der Waals surface area (Å²) in [6, 6.07) is 5.36. The summed E-state index contributed by atoms with van der Waals surface area (Å²) in [5.74, 6) is -0.924. The molecule has 0 unspecified atom stereocenters. The van der Waals surface area contributed by atoms with E-state index in [4.69, 9.17) is 4.74 Å². The van der Waals surface area contributed by atoms with Gasteiger partial charge in [-0.2, -0.15) is 0 Å². The average molecular weight is 303 g/mol. The number of amides is 1. The van der Waals surface area contributed by atoms with Crippen molar-refractivity contribution in [2.24, 2.45) is 0 Å². The van der Waals surface area contributed by atoms with Crippen LogP contribution in [-0.4, -0.2) is 30.3 Å². The van der Waals surface area contributed by atoms with E-state index in [-0.39, 0.29) is 18.2 Å². The summed E-state index contributed by atoms with van der Waals surface area (Å²) in [5.41, 5.74) is 2.62. The van der Waals surface area contributed by atoms with Gasteiger partial charge in [0.1, 0.15) is 6.54 Å². The van der Waals surface area contributed by atoms with Gasteiger partial charge in [-0.25, -0.2) is 0 Å². The predicted octanol–water partition coefficient (Wildman–Crippen LogP) is 2.09. The van der Waals surface area contributed by atoms with Crippen molar-refractivity contribution in [2.75, 3.05) is 6.54 Å². The molecule has 118 valence electrons. The highest BCUT2D eigenvalue weighted by atomic mass is 16.5. The summed E-state index contributed by atoms with van der Waals surface area (Å²) in [5, 5.41) is 2.53. The second-order valence-electron chi connectivity index (χ2n) is 5.67. The minimum atomic E-state index is -0.639. The van der Waals surface area contributed by atoms with E-state index in [2.05, 4.69) is 5.32 Å². The van der Waals surface area contributed by atoms with E-state index in [9.17, 15) is 14.4 Å². The molecule has 1 amide bonds. The smallest absolute Gasteiger partial charge is 0.326 e. The number of rotatable bonds is 4. The van der Waals surface area contributed by atoms with Gasteiger partial charge in [-0.1, -0.05) is 6.07 Å². The number of aryl methyl sites for hydroxylation is 2. The van der Waals surface area contributed by atoms with E-state index >= 15 is 0 Å². The molecule has 1 aliphatic carbocycles. The summed E-state index contributed by atoms with van der Waals surface area (Å²) < 4.78 is 5.13. The molecular formula is C17H21NO4. The second-order valence-corrected chi connectivity index (χ2v) is 5.67. The van der Waals surface area contributed by atoms with Crippen LogP contribution in [-0.2, 0) is 14.3 Å². The average Bonchev–Trinajstić information content (AvgIpc) is 2.50. The summed E-state index contributed by atoms with van der Waals surface area (Å²) in [4.78, 5) is 35.3. The number of carbonyl (C=O) groups is 3. The number of ketones is 1. The number of nitrogens with one attached hydrogen (secondary N) is 1. The summed E-state index contributed by atoms with van der Waals surface area (Å²) in [7, 11) is 0. The van der Waals surface area contributed by atoms with Gasteiger partial charge < -0.3 is 10.1 Å². The van der Waals surface area contributed by atoms with Gasteiger partial charge in [-0.05, 0) is 56.4 Å². The quantitative estimate of drug-likeness (QED) is 0.864. The lowest BCUT2D eigenvalue weighted by Gasteiger charge is -2.20. The number of esters is 1. The van der Waals surface area contributed by atoms with Crippen LogP contribution in [0.15, 0.2) is 18.2 Å². The molecule has 1 aliphatic rings. The van der Waals surface area contributed by atoms with Gasteiger partial charge in [0, 0.05) is 12.0 Å². The minimum Gasteiger partial charge on any atom is -0.453 e. The highest BCUT2D eigenvalue weighted by Gasteiger charge is 2.25. The van der Waals surface area contributed by atoms with E-state index in [1.54, 1.807) is 12.1 Å². The molecule has 5 nitrogen and oxygen atoms in total. The summed E-state index contributed by atoms with van der Waals surface area (Å²) >= 11 is 0. The van der Waals surface area contributed by atoms with Crippen LogP contribution in [0.3, 0.4) is 0 Å². The standard InChI is InChI=1S/C17H21NO4/c1-11-7-8-13(9-12(11)2)17(21)18-10-16(20)22-15-6-4-3-5-14(15)19/h7-9,15H,3-6,10H2,1-2H3,(H,18,21)/t15-/m1/s1. The molecule has 0 aromatic heterocycles. The molecule has 5 heteroatoms. The van der Waals surface area contributed by atoms with E-state index < -0.39 is 12.1 Å². The maximum atomic E-state index is 12.0. The van der Waals surface area contributed by atoms with E-state index in [1.165, 1.54) is 0 Å².